The molecule has 0 radical (unpaired) electrons. The molecule has 1 aromatic heterocycles. The van der Waals surface area contributed by atoms with E-state index in [4.69, 9.17) is 9.47 Å². The van der Waals surface area contributed by atoms with Gasteiger partial charge in [0.25, 0.3) is 0 Å². The largest absolute Gasteiger partial charge is 0.497 e. The van der Waals surface area contributed by atoms with E-state index in [1.165, 1.54) is 38.5 Å². The average Bonchev–Trinajstić information content (AvgIpc) is 3.21. The van der Waals surface area contributed by atoms with E-state index >= 15 is 0 Å². The summed E-state index contributed by atoms with van der Waals surface area (Å²) in [5, 5.41) is 11.7. The van der Waals surface area contributed by atoms with Crippen molar-refractivity contribution < 1.29 is 22.7 Å². The molecule has 0 bridgehead atoms. The van der Waals surface area contributed by atoms with E-state index in [0.717, 1.165) is 21.7 Å². The van der Waals surface area contributed by atoms with Gasteiger partial charge in [0.05, 0.1) is 26.2 Å². The predicted molar refractivity (Wildman–Crippen MR) is 125 cm³/mol. The first-order valence-electron chi connectivity index (χ1n) is 9.57. The quantitative estimate of drug-likeness (QED) is 0.531. The highest BCUT2D eigenvalue weighted by Gasteiger charge is 2.32. The van der Waals surface area contributed by atoms with Crippen LogP contribution in [0, 0.1) is 6.92 Å². The Morgan fingerprint density at radius 1 is 1.09 bits per heavy atom. The third kappa shape index (κ3) is 5.17. The second-order valence-corrected chi connectivity index (χ2v) is 9.88. The van der Waals surface area contributed by atoms with Crippen LogP contribution >= 0.6 is 11.3 Å². The molecule has 2 aromatic carbocycles. The van der Waals surface area contributed by atoms with Crippen LogP contribution in [0.1, 0.15) is 12.5 Å². The number of amides is 1. The third-order valence-corrected chi connectivity index (χ3v) is 6.78. The van der Waals surface area contributed by atoms with E-state index in [-0.39, 0.29) is 16.6 Å². The number of sulfonamides is 1. The summed E-state index contributed by atoms with van der Waals surface area (Å²) in [6.07, 6.45) is 1.02. The van der Waals surface area contributed by atoms with Crippen LogP contribution in [0.2, 0.25) is 0 Å². The minimum absolute atomic E-state index is 0.189. The molecule has 0 unspecified atom stereocenters. The van der Waals surface area contributed by atoms with E-state index < -0.39 is 22.0 Å². The number of benzene rings is 2. The van der Waals surface area contributed by atoms with Crippen molar-refractivity contribution in [2.45, 2.75) is 19.9 Å². The zero-order chi connectivity index (χ0) is 23.5. The van der Waals surface area contributed by atoms with Crippen LogP contribution < -0.4 is 19.1 Å². The van der Waals surface area contributed by atoms with E-state index in [2.05, 4.69) is 15.5 Å². The van der Waals surface area contributed by atoms with Crippen LogP contribution in [0.25, 0.3) is 10.6 Å². The van der Waals surface area contributed by atoms with Crippen molar-refractivity contribution in [2.75, 3.05) is 30.1 Å². The Kier molecular flexibility index (Phi) is 6.99. The lowest BCUT2D eigenvalue weighted by Crippen LogP contribution is -2.45. The van der Waals surface area contributed by atoms with E-state index in [0.29, 0.717) is 10.8 Å². The van der Waals surface area contributed by atoms with Crippen LogP contribution in [0.15, 0.2) is 42.5 Å². The number of carbonyl (C=O) groups is 1. The predicted octanol–water partition coefficient (Wildman–Crippen LogP) is 3.32. The normalized spacial score (nSPS) is 12.2. The van der Waals surface area contributed by atoms with Crippen molar-refractivity contribution in [3.63, 3.8) is 0 Å². The van der Waals surface area contributed by atoms with Gasteiger partial charge in [-0.3, -0.25) is 14.4 Å². The number of nitrogens with one attached hydrogen (secondary N) is 1. The van der Waals surface area contributed by atoms with Crippen molar-refractivity contribution in [3.8, 4) is 22.1 Å². The fraction of sp³-hybridized carbons (Fsp3) is 0.286. The highest BCUT2D eigenvalue weighted by molar-refractivity contribution is 7.92. The fourth-order valence-electron chi connectivity index (χ4n) is 3.05. The summed E-state index contributed by atoms with van der Waals surface area (Å²) in [5.74, 6) is 0.147. The summed E-state index contributed by atoms with van der Waals surface area (Å²) < 4.78 is 36.8. The smallest absolute Gasteiger partial charge is 0.249 e. The molecular formula is C21H24N4O5S2. The van der Waals surface area contributed by atoms with Gasteiger partial charge in [-0.2, -0.15) is 0 Å². The topological polar surface area (TPSA) is 111 Å². The van der Waals surface area contributed by atoms with E-state index in [9.17, 15) is 13.2 Å². The molecule has 11 heteroatoms. The van der Waals surface area contributed by atoms with Crippen molar-refractivity contribution in [2.24, 2.45) is 0 Å². The minimum atomic E-state index is -3.85. The first kappa shape index (κ1) is 23.5. The lowest BCUT2D eigenvalue weighted by Gasteiger charge is -2.29. The van der Waals surface area contributed by atoms with Gasteiger partial charge in [-0.15, -0.1) is 10.2 Å². The Hall–Kier alpha value is -3.18. The van der Waals surface area contributed by atoms with Crippen LogP contribution in [0.3, 0.4) is 0 Å². The van der Waals surface area contributed by atoms with Crippen LogP contribution in [-0.2, 0) is 14.8 Å². The van der Waals surface area contributed by atoms with Crippen molar-refractivity contribution in [1.82, 2.24) is 10.2 Å². The monoisotopic (exact) mass is 476 g/mol. The number of methoxy groups -OCH3 is 2. The fourth-order valence-corrected chi connectivity index (χ4v) is 4.97. The highest BCUT2D eigenvalue weighted by Crippen LogP contribution is 2.35. The number of aryl methyl sites for hydroxylation is 1. The van der Waals surface area contributed by atoms with E-state index in [1.807, 2.05) is 31.2 Å². The molecule has 0 aliphatic heterocycles. The Balaban J connectivity index is 1.88. The van der Waals surface area contributed by atoms with Crippen molar-refractivity contribution in [3.05, 3.63) is 48.0 Å². The second-order valence-electron chi connectivity index (χ2n) is 7.04. The maximum absolute atomic E-state index is 13.0. The molecule has 0 fully saturated rings. The highest BCUT2D eigenvalue weighted by atomic mass is 32.2. The van der Waals surface area contributed by atoms with Gasteiger partial charge in [0.1, 0.15) is 22.5 Å². The third-order valence-electron chi connectivity index (χ3n) is 4.67. The molecule has 3 rings (SSSR count). The van der Waals surface area contributed by atoms with Crippen molar-refractivity contribution in [1.29, 1.82) is 0 Å². The molecule has 32 heavy (non-hydrogen) atoms. The Bertz CT molecular complexity index is 1210. The van der Waals surface area contributed by atoms with Crippen LogP contribution in [0.4, 0.5) is 10.8 Å². The lowest BCUT2D eigenvalue weighted by molar-refractivity contribution is -0.116. The summed E-state index contributed by atoms with van der Waals surface area (Å²) in [7, 11) is -0.963. The molecule has 3 aromatic rings. The summed E-state index contributed by atoms with van der Waals surface area (Å²) in [4.78, 5) is 13.0. The molecule has 0 spiro atoms. The number of rotatable bonds is 8. The second kappa shape index (κ2) is 9.53. The average molecular weight is 477 g/mol. The van der Waals surface area contributed by atoms with Gasteiger partial charge >= 0.3 is 0 Å². The molecule has 0 aliphatic carbocycles. The maximum Gasteiger partial charge on any atom is 0.249 e. The summed E-state index contributed by atoms with van der Waals surface area (Å²) in [6.45, 7) is 3.47. The number of anilines is 2. The standard InChI is InChI=1S/C21H24N4O5S2/c1-13-6-8-15(9-7-13)20-23-24-21(31-20)22-19(26)14(2)25(32(5,27)28)17-12-16(29-3)10-11-18(17)30-4/h6-12,14H,1-5H3,(H,22,24,26)/t14-/m1/s1. The zero-order valence-electron chi connectivity index (χ0n) is 18.3. The Morgan fingerprint density at radius 2 is 1.78 bits per heavy atom. The summed E-state index contributed by atoms with van der Waals surface area (Å²) in [5.41, 5.74) is 2.18. The molecular weight excluding hydrogens is 452 g/mol. The summed E-state index contributed by atoms with van der Waals surface area (Å²) >= 11 is 1.20. The molecule has 170 valence electrons. The van der Waals surface area contributed by atoms with Gasteiger partial charge in [-0.05, 0) is 26.0 Å². The first-order chi connectivity index (χ1) is 15.1. The number of aromatic nitrogens is 2. The van der Waals surface area contributed by atoms with Gasteiger partial charge in [0, 0.05) is 11.6 Å². The molecule has 0 saturated carbocycles. The number of ether oxygens (including phenoxy) is 2. The molecule has 0 aliphatic rings. The molecule has 1 heterocycles. The molecule has 1 atom stereocenters. The van der Waals surface area contributed by atoms with Gasteiger partial charge < -0.3 is 9.47 Å². The van der Waals surface area contributed by atoms with Gasteiger partial charge in [-0.25, -0.2) is 8.42 Å². The maximum atomic E-state index is 13.0. The molecule has 1 amide bonds. The lowest BCUT2D eigenvalue weighted by atomic mass is 10.2. The van der Waals surface area contributed by atoms with Gasteiger partial charge in [0.2, 0.25) is 21.1 Å². The van der Waals surface area contributed by atoms with Crippen molar-refractivity contribution >= 4 is 38.1 Å². The number of nitrogens with zero attached hydrogens (tertiary/aromatic N) is 3. The minimum Gasteiger partial charge on any atom is -0.497 e. The molecule has 1 N–H and O–H groups in total. The molecule has 0 saturated heterocycles. The number of hydrogen-bond acceptors (Lipinski definition) is 8. The van der Waals surface area contributed by atoms with Gasteiger partial charge in [-0.1, -0.05) is 41.2 Å². The number of hydrogen-bond donors (Lipinski definition) is 1. The van der Waals surface area contributed by atoms with Crippen LogP contribution in [0.5, 0.6) is 11.5 Å². The van der Waals surface area contributed by atoms with E-state index in [1.54, 1.807) is 12.1 Å². The summed E-state index contributed by atoms with van der Waals surface area (Å²) in [6, 6.07) is 11.4. The first-order valence-corrected chi connectivity index (χ1v) is 12.2. The van der Waals surface area contributed by atoms with Gasteiger partial charge in [0.15, 0.2) is 0 Å². The van der Waals surface area contributed by atoms with Crippen LogP contribution in [-0.4, -0.2) is 51.0 Å². The zero-order valence-corrected chi connectivity index (χ0v) is 20.0. The Labute approximate surface area is 191 Å². The SMILES string of the molecule is COc1ccc(OC)c(N([C@H](C)C(=O)Nc2nnc(-c3ccc(C)cc3)s2)S(C)(=O)=O)c1. The number of carbonyl (C=O) groups excluding carboxylic acids is 1. The Morgan fingerprint density at radius 3 is 2.38 bits per heavy atom. The molecule has 9 nitrogen and oxygen atoms in total.